The Morgan fingerprint density at radius 1 is 1.35 bits per heavy atom. The molecule has 0 amide bonds. The fourth-order valence-electron chi connectivity index (χ4n) is 2.57. The molecular weight excluding hydrogens is 270 g/mol. The van der Waals surface area contributed by atoms with Gasteiger partial charge in [0.1, 0.15) is 5.01 Å². The third kappa shape index (κ3) is 2.99. The second-order valence-corrected chi connectivity index (χ2v) is 6.42. The second kappa shape index (κ2) is 5.89. The number of aromatic nitrogens is 2. The van der Waals surface area contributed by atoms with E-state index in [9.17, 15) is 5.11 Å². The van der Waals surface area contributed by atoms with Gasteiger partial charge in [-0.3, -0.25) is 0 Å². The van der Waals surface area contributed by atoms with Crippen molar-refractivity contribution in [2.75, 3.05) is 18.0 Å². The standard InChI is InChI=1S/C15H19N3OS/c1-11(19)13-7-8-18(10-13)15-17-16-14(20-15)9-12-5-3-2-4-6-12/h2-6,11,13,19H,7-10H2,1H3. The number of aliphatic hydroxyl groups excluding tert-OH is 1. The lowest BCUT2D eigenvalue weighted by molar-refractivity contribution is 0.136. The monoisotopic (exact) mass is 289 g/mol. The molecule has 20 heavy (non-hydrogen) atoms. The third-order valence-electron chi connectivity index (χ3n) is 3.83. The summed E-state index contributed by atoms with van der Waals surface area (Å²) in [5.41, 5.74) is 1.26. The fourth-order valence-corrected chi connectivity index (χ4v) is 3.48. The number of anilines is 1. The number of hydrogen-bond acceptors (Lipinski definition) is 5. The topological polar surface area (TPSA) is 49.2 Å². The molecule has 1 saturated heterocycles. The van der Waals surface area contributed by atoms with Crippen LogP contribution in [0.15, 0.2) is 30.3 Å². The average Bonchev–Trinajstić information content (AvgIpc) is 3.08. The van der Waals surface area contributed by atoms with E-state index in [1.807, 2.05) is 25.1 Å². The molecule has 1 aromatic carbocycles. The summed E-state index contributed by atoms with van der Waals surface area (Å²) in [7, 11) is 0. The van der Waals surface area contributed by atoms with Gasteiger partial charge in [-0.1, -0.05) is 41.7 Å². The summed E-state index contributed by atoms with van der Waals surface area (Å²) in [4.78, 5) is 2.24. The first-order valence-electron chi connectivity index (χ1n) is 7.01. The van der Waals surface area contributed by atoms with Crippen LogP contribution in [-0.4, -0.2) is 34.5 Å². The van der Waals surface area contributed by atoms with Gasteiger partial charge in [-0.15, -0.1) is 10.2 Å². The predicted octanol–water partition coefficient (Wildman–Crippen LogP) is 2.34. The number of aliphatic hydroxyl groups is 1. The van der Waals surface area contributed by atoms with Crippen molar-refractivity contribution in [3.05, 3.63) is 40.9 Å². The van der Waals surface area contributed by atoms with E-state index in [-0.39, 0.29) is 6.10 Å². The van der Waals surface area contributed by atoms with Crippen molar-refractivity contribution in [2.45, 2.75) is 25.9 Å². The highest BCUT2D eigenvalue weighted by Gasteiger charge is 2.27. The van der Waals surface area contributed by atoms with E-state index >= 15 is 0 Å². The smallest absolute Gasteiger partial charge is 0.208 e. The zero-order valence-corrected chi connectivity index (χ0v) is 12.4. The van der Waals surface area contributed by atoms with Crippen LogP contribution in [-0.2, 0) is 6.42 Å². The highest BCUT2D eigenvalue weighted by Crippen LogP contribution is 2.28. The van der Waals surface area contributed by atoms with Crippen LogP contribution >= 0.6 is 11.3 Å². The van der Waals surface area contributed by atoms with Crippen LogP contribution in [0, 0.1) is 5.92 Å². The maximum Gasteiger partial charge on any atom is 0.208 e. The summed E-state index contributed by atoms with van der Waals surface area (Å²) < 4.78 is 0. The van der Waals surface area contributed by atoms with Crippen molar-refractivity contribution in [3.8, 4) is 0 Å². The maximum atomic E-state index is 9.66. The molecule has 1 aromatic heterocycles. The molecule has 1 N–H and O–H groups in total. The zero-order valence-electron chi connectivity index (χ0n) is 11.6. The molecule has 0 aliphatic carbocycles. The molecule has 1 fully saturated rings. The lowest BCUT2D eigenvalue weighted by atomic mass is 10.0. The number of rotatable bonds is 4. The first-order chi connectivity index (χ1) is 9.72. The van der Waals surface area contributed by atoms with Gasteiger partial charge in [0.2, 0.25) is 5.13 Å². The van der Waals surface area contributed by atoms with Gasteiger partial charge < -0.3 is 10.0 Å². The molecule has 0 spiro atoms. The zero-order chi connectivity index (χ0) is 13.9. The van der Waals surface area contributed by atoms with E-state index in [2.05, 4.69) is 27.2 Å². The molecule has 2 heterocycles. The van der Waals surface area contributed by atoms with Gasteiger partial charge in [-0.25, -0.2) is 0 Å². The molecule has 4 nitrogen and oxygen atoms in total. The summed E-state index contributed by atoms with van der Waals surface area (Å²) in [6, 6.07) is 10.3. The van der Waals surface area contributed by atoms with Gasteiger partial charge in [0.25, 0.3) is 0 Å². The Labute approximate surface area is 123 Å². The molecule has 2 unspecified atom stereocenters. The molecule has 0 saturated carbocycles. The quantitative estimate of drug-likeness (QED) is 0.938. The minimum absolute atomic E-state index is 0.239. The molecule has 0 bridgehead atoms. The third-order valence-corrected chi connectivity index (χ3v) is 4.82. The van der Waals surface area contributed by atoms with Crippen LogP contribution in [0.1, 0.15) is 23.9 Å². The highest BCUT2D eigenvalue weighted by molar-refractivity contribution is 7.15. The largest absolute Gasteiger partial charge is 0.393 e. The van der Waals surface area contributed by atoms with Crippen molar-refractivity contribution in [3.63, 3.8) is 0 Å². The van der Waals surface area contributed by atoms with Gasteiger partial charge in [0.05, 0.1) is 6.10 Å². The minimum atomic E-state index is -0.239. The van der Waals surface area contributed by atoms with Gasteiger partial charge in [0.15, 0.2) is 0 Å². The normalized spacial score (nSPS) is 20.3. The first-order valence-corrected chi connectivity index (χ1v) is 7.83. The summed E-state index contributed by atoms with van der Waals surface area (Å²) in [5, 5.41) is 20.3. The van der Waals surface area contributed by atoms with E-state index < -0.39 is 0 Å². The Bertz CT molecular complexity index is 555. The minimum Gasteiger partial charge on any atom is -0.393 e. The lowest BCUT2D eigenvalue weighted by Crippen LogP contribution is -2.23. The van der Waals surface area contributed by atoms with Crippen molar-refractivity contribution in [1.29, 1.82) is 0 Å². The van der Waals surface area contributed by atoms with E-state index in [1.54, 1.807) is 11.3 Å². The van der Waals surface area contributed by atoms with Crippen LogP contribution in [0.2, 0.25) is 0 Å². The fraction of sp³-hybridized carbons (Fsp3) is 0.467. The second-order valence-electron chi connectivity index (χ2n) is 5.38. The summed E-state index contributed by atoms with van der Waals surface area (Å²) >= 11 is 1.66. The predicted molar refractivity (Wildman–Crippen MR) is 81.2 cm³/mol. The number of nitrogens with zero attached hydrogens (tertiary/aromatic N) is 3. The average molecular weight is 289 g/mol. The van der Waals surface area contributed by atoms with Gasteiger partial charge >= 0.3 is 0 Å². The van der Waals surface area contributed by atoms with E-state index in [0.717, 1.165) is 36.1 Å². The molecule has 1 aliphatic heterocycles. The molecule has 0 radical (unpaired) electrons. The van der Waals surface area contributed by atoms with Gasteiger partial charge in [-0.2, -0.15) is 0 Å². The molecule has 1 aliphatic rings. The lowest BCUT2D eigenvalue weighted by Gasteiger charge is -2.15. The Hall–Kier alpha value is -1.46. The molecule has 106 valence electrons. The highest BCUT2D eigenvalue weighted by atomic mass is 32.1. The Morgan fingerprint density at radius 3 is 2.85 bits per heavy atom. The molecule has 2 aromatic rings. The molecule has 5 heteroatoms. The van der Waals surface area contributed by atoms with E-state index in [4.69, 9.17) is 0 Å². The van der Waals surface area contributed by atoms with E-state index in [1.165, 1.54) is 5.56 Å². The summed E-state index contributed by atoms with van der Waals surface area (Å²) in [6.07, 6.45) is 1.63. The first kappa shape index (κ1) is 13.5. The van der Waals surface area contributed by atoms with Crippen LogP contribution in [0.3, 0.4) is 0 Å². The van der Waals surface area contributed by atoms with Crippen molar-refractivity contribution < 1.29 is 5.11 Å². The SMILES string of the molecule is CC(O)C1CCN(c2nnc(Cc3ccccc3)s2)C1. The van der Waals surface area contributed by atoms with E-state index in [0.29, 0.717) is 5.92 Å². The van der Waals surface area contributed by atoms with Crippen molar-refractivity contribution >= 4 is 16.5 Å². The Morgan fingerprint density at radius 2 is 2.15 bits per heavy atom. The Balaban J connectivity index is 1.66. The maximum absolute atomic E-state index is 9.66. The summed E-state index contributed by atoms with van der Waals surface area (Å²) in [5.74, 6) is 0.358. The van der Waals surface area contributed by atoms with Crippen LogP contribution in [0.5, 0.6) is 0 Å². The van der Waals surface area contributed by atoms with Crippen molar-refractivity contribution in [2.24, 2.45) is 5.92 Å². The Kier molecular flexibility index (Phi) is 3.98. The van der Waals surface area contributed by atoms with Crippen LogP contribution in [0.4, 0.5) is 5.13 Å². The van der Waals surface area contributed by atoms with Crippen LogP contribution < -0.4 is 4.90 Å². The van der Waals surface area contributed by atoms with Gasteiger partial charge in [-0.05, 0) is 18.9 Å². The molecule has 3 rings (SSSR count). The summed E-state index contributed by atoms with van der Waals surface area (Å²) in [6.45, 7) is 3.72. The molecular formula is C15H19N3OS. The molecule has 2 atom stereocenters. The van der Waals surface area contributed by atoms with Crippen LogP contribution in [0.25, 0.3) is 0 Å². The van der Waals surface area contributed by atoms with Crippen molar-refractivity contribution in [1.82, 2.24) is 10.2 Å². The van der Waals surface area contributed by atoms with Gasteiger partial charge in [0, 0.05) is 25.4 Å². The number of benzene rings is 1. The number of hydrogen-bond donors (Lipinski definition) is 1.